The SMILES string of the molecule is CCOc1ccc(C(=O)Oc2c(Br)cc(Br)cc2C=NNC(=O)c2[nH]c3ccc(Br)cc3c2-c2ccccc2)cc1OCC. The van der Waals surface area contributed by atoms with Crippen molar-refractivity contribution in [1.29, 1.82) is 0 Å². The maximum absolute atomic E-state index is 13.4. The van der Waals surface area contributed by atoms with Crippen molar-refractivity contribution < 1.29 is 23.8 Å². The maximum atomic E-state index is 13.4. The van der Waals surface area contributed by atoms with E-state index in [4.69, 9.17) is 14.2 Å². The zero-order valence-electron chi connectivity index (χ0n) is 23.6. The highest BCUT2D eigenvalue weighted by Gasteiger charge is 2.20. The van der Waals surface area contributed by atoms with Crippen LogP contribution in [0.25, 0.3) is 22.0 Å². The molecule has 0 aliphatic rings. The number of ether oxygens (including phenoxy) is 3. The Balaban J connectivity index is 1.41. The Labute approximate surface area is 279 Å². The molecule has 2 N–H and O–H groups in total. The van der Waals surface area contributed by atoms with Gasteiger partial charge in [0.25, 0.3) is 5.91 Å². The molecule has 1 heterocycles. The fourth-order valence-corrected chi connectivity index (χ4v) is 6.27. The number of H-pyrrole nitrogens is 1. The number of benzene rings is 4. The normalized spacial score (nSPS) is 11.1. The molecule has 5 rings (SSSR count). The molecule has 0 aliphatic carbocycles. The molecule has 1 amide bonds. The number of rotatable bonds is 10. The summed E-state index contributed by atoms with van der Waals surface area (Å²) in [5, 5.41) is 5.11. The molecule has 8 nitrogen and oxygen atoms in total. The van der Waals surface area contributed by atoms with Crippen LogP contribution in [0.3, 0.4) is 0 Å². The first-order chi connectivity index (χ1) is 21.3. The minimum atomic E-state index is -0.604. The van der Waals surface area contributed by atoms with Crippen LogP contribution in [0.15, 0.2) is 97.4 Å². The van der Waals surface area contributed by atoms with E-state index in [2.05, 4.69) is 63.3 Å². The highest BCUT2D eigenvalue weighted by atomic mass is 79.9. The molecule has 11 heteroatoms. The molecule has 44 heavy (non-hydrogen) atoms. The summed E-state index contributed by atoms with van der Waals surface area (Å²) in [7, 11) is 0. The Morgan fingerprint density at radius 3 is 2.36 bits per heavy atom. The van der Waals surface area contributed by atoms with Crippen molar-refractivity contribution in [2.45, 2.75) is 13.8 Å². The molecule has 4 aromatic carbocycles. The number of hydrogen-bond donors (Lipinski definition) is 2. The summed E-state index contributed by atoms with van der Waals surface area (Å²) in [5.74, 6) is 0.175. The lowest BCUT2D eigenvalue weighted by Crippen LogP contribution is -2.19. The van der Waals surface area contributed by atoms with E-state index in [1.807, 2.05) is 62.4 Å². The van der Waals surface area contributed by atoms with Crippen molar-refractivity contribution in [3.63, 3.8) is 0 Å². The number of carbonyl (C=O) groups is 2. The van der Waals surface area contributed by atoms with Crippen molar-refractivity contribution >= 4 is 76.8 Å². The van der Waals surface area contributed by atoms with E-state index < -0.39 is 11.9 Å². The molecule has 0 aliphatic heterocycles. The van der Waals surface area contributed by atoms with Gasteiger partial charge in [-0.2, -0.15) is 5.10 Å². The van der Waals surface area contributed by atoms with E-state index in [1.165, 1.54) is 6.21 Å². The number of fused-ring (bicyclic) bond motifs is 1. The first kappa shape index (κ1) is 31.5. The predicted octanol–water partition coefficient (Wildman–Crippen LogP) is 8.90. The summed E-state index contributed by atoms with van der Waals surface area (Å²) in [6.45, 7) is 4.59. The second kappa shape index (κ2) is 14.2. The van der Waals surface area contributed by atoms with Crippen LogP contribution in [-0.2, 0) is 0 Å². The molecule has 0 atom stereocenters. The number of amides is 1. The Morgan fingerprint density at radius 1 is 0.864 bits per heavy atom. The second-order valence-electron chi connectivity index (χ2n) is 9.35. The fraction of sp³-hybridized carbons (Fsp3) is 0.121. The first-order valence-electron chi connectivity index (χ1n) is 13.6. The van der Waals surface area contributed by atoms with Crippen molar-refractivity contribution in [2.75, 3.05) is 13.2 Å². The molecule has 0 saturated heterocycles. The number of hydrazone groups is 1. The van der Waals surface area contributed by atoms with Gasteiger partial charge in [-0.25, -0.2) is 10.2 Å². The van der Waals surface area contributed by atoms with Gasteiger partial charge in [-0.1, -0.05) is 62.2 Å². The van der Waals surface area contributed by atoms with Crippen molar-refractivity contribution in [3.8, 4) is 28.4 Å². The molecule has 224 valence electrons. The molecule has 1 aromatic heterocycles. The van der Waals surface area contributed by atoms with Crippen LogP contribution in [0.2, 0.25) is 0 Å². The third-order valence-electron chi connectivity index (χ3n) is 6.43. The summed E-state index contributed by atoms with van der Waals surface area (Å²) in [6.07, 6.45) is 1.42. The lowest BCUT2D eigenvalue weighted by atomic mass is 10.0. The lowest BCUT2D eigenvalue weighted by Gasteiger charge is -2.13. The van der Waals surface area contributed by atoms with Crippen LogP contribution in [0.5, 0.6) is 17.2 Å². The van der Waals surface area contributed by atoms with Gasteiger partial charge < -0.3 is 19.2 Å². The van der Waals surface area contributed by atoms with Crippen LogP contribution in [0.4, 0.5) is 0 Å². The van der Waals surface area contributed by atoms with Gasteiger partial charge in [-0.05, 0) is 83.9 Å². The molecule has 0 fully saturated rings. The summed E-state index contributed by atoms with van der Waals surface area (Å²) in [5.41, 5.74) is 6.16. The number of nitrogens with zero attached hydrogens (tertiary/aromatic N) is 1. The van der Waals surface area contributed by atoms with Crippen LogP contribution in [-0.4, -0.2) is 36.3 Å². The molecular weight excluding hydrogens is 758 g/mol. The smallest absolute Gasteiger partial charge is 0.343 e. The zero-order chi connectivity index (χ0) is 31.2. The maximum Gasteiger partial charge on any atom is 0.343 e. The van der Waals surface area contributed by atoms with E-state index >= 15 is 0 Å². The highest BCUT2D eigenvalue weighted by Crippen LogP contribution is 2.35. The van der Waals surface area contributed by atoms with Gasteiger partial charge in [-0.3, -0.25) is 4.79 Å². The quantitative estimate of drug-likeness (QED) is 0.0638. The number of hydrogen-bond acceptors (Lipinski definition) is 6. The van der Waals surface area contributed by atoms with E-state index in [9.17, 15) is 9.59 Å². The predicted molar refractivity (Wildman–Crippen MR) is 182 cm³/mol. The van der Waals surface area contributed by atoms with Gasteiger partial charge in [-0.15, -0.1) is 0 Å². The van der Waals surface area contributed by atoms with Gasteiger partial charge in [0.05, 0.1) is 29.5 Å². The van der Waals surface area contributed by atoms with Crippen molar-refractivity contribution in [2.24, 2.45) is 5.10 Å². The van der Waals surface area contributed by atoms with E-state index in [0.717, 1.165) is 26.5 Å². The summed E-state index contributed by atoms with van der Waals surface area (Å²) >= 11 is 10.5. The van der Waals surface area contributed by atoms with Crippen molar-refractivity contribution in [3.05, 3.63) is 109 Å². The van der Waals surface area contributed by atoms with Gasteiger partial charge >= 0.3 is 5.97 Å². The van der Waals surface area contributed by atoms with Gasteiger partial charge in [0.2, 0.25) is 0 Å². The molecule has 0 bridgehead atoms. The Morgan fingerprint density at radius 2 is 1.61 bits per heavy atom. The molecule has 0 radical (unpaired) electrons. The van der Waals surface area contributed by atoms with E-state index in [1.54, 1.807) is 30.3 Å². The number of aromatic amines is 1. The summed E-state index contributed by atoms with van der Waals surface area (Å²) < 4.78 is 19.2. The second-order valence-corrected chi connectivity index (χ2v) is 12.0. The number of halogens is 3. The summed E-state index contributed by atoms with van der Waals surface area (Å²) in [4.78, 5) is 29.9. The van der Waals surface area contributed by atoms with Gasteiger partial charge in [0.1, 0.15) is 5.69 Å². The average Bonchev–Trinajstić information content (AvgIpc) is 3.39. The fourth-order valence-electron chi connectivity index (χ4n) is 4.57. The zero-order valence-corrected chi connectivity index (χ0v) is 28.4. The van der Waals surface area contributed by atoms with Gasteiger partial charge in [0.15, 0.2) is 17.2 Å². The highest BCUT2D eigenvalue weighted by molar-refractivity contribution is 9.11. The van der Waals surface area contributed by atoms with Crippen LogP contribution >= 0.6 is 47.8 Å². The minimum absolute atomic E-state index is 0.225. The monoisotopic (exact) mass is 781 g/mol. The lowest BCUT2D eigenvalue weighted by molar-refractivity contribution is 0.0732. The first-order valence-corrected chi connectivity index (χ1v) is 16.0. The Bertz CT molecular complexity index is 1870. The number of aromatic nitrogens is 1. The molecular formula is C33H26Br3N3O5. The topological polar surface area (TPSA) is 102 Å². The molecule has 5 aromatic rings. The van der Waals surface area contributed by atoms with Crippen LogP contribution in [0, 0.1) is 0 Å². The average molecular weight is 784 g/mol. The Kier molecular flexibility index (Phi) is 10.2. The largest absolute Gasteiger partial charge is 0.490 e. The molecule has 0 unspecified atom stereocenters. The van der Waals surface area contributed by atoms with Crippen LogP contribution < -0.4 is 19.6 Å². The van der Waals surface area contributed by atoms with Gasteiger partial charge in [0, 0.05) is 31.0 Å². The van der Waals surface area contributed by atoms with E-state index in [0.29, 0.717) is 44.9 Å². The Hall–Kier alpha value is -3.93. The third kappa shape index (κ3) is 7.06. The minimum Gasteiger partial charge on any atom is -0.490 e. The number of esters is 1. The standard InChI is InChI=1S/C33H26Br3N3O5/c1-3-42-27-13-10-20(15-28(27)43-4-2)33(41)44-31-21(14-23(35)17-25(31)36)18-37-39-32(40)30-29(19-8-6-5-7-9-19)24-16-22(34)11-12-26(24)38-30/h5-18,38H,3-4H2,1-2H3,(H,39,40). The van der Waals surface area contributed by atoms with E-state index in [-0.39, 0.29) is 11.3 Å². The van der Waals surface area contributed by atoms with Crippen LogP contribution in [0.1, 0.15) is 40.3 Å². The molecule has 0 spiro atoms. The number of nitrogens with one attached hydrogen (secondary N) is 2. The summed E-state index contributed by atoms with van der Waals surface area (Å²) in [6, 6.07) is 23.8. The number of carbonyl (C=O) groups excluding carboxylic acids is 2. The third-order valence-corrected chi connectivity index (χ3v) is 7.97. The molecule has 0 saturated carbocycles. The van der Waals surface area contributed by atoms with Crippen molar-refractivity contribution in [1.82, 2.24) is 10.4 Å².